The number of rotatable bonds is 3. The highest BCUT2D eigenvalue weighted by molar-refractivity contribution is 5.17. The van der Waals surface area contributed by atoms with Gasteiger partial charge in [-0.25, -0.2) is 4.39 Å². The Morgan fingerprint density at radius 3 is 2.91 bits per heavy atom. The van der Waals surface area contributed by atoms with Crippen molar-refractivity contribution in [3.8, 4) is 0 Å². The van der Waals surface area contributed by atoms with Crippen molar-refractivity contribution in [2.45, 2.75) is 25.6 Å². The van der Waals surface area contributed by atoms with Gasteiger partial charge in [-0.3, -0.25) is 5.32 Å². The van der Waals surface area contributed by atoms with E-state index in [-0.39, 0.29) is 0 Å². The van der Waals surface area contributed by atoms with E-state index in [4.69, 9.17) is 0 Å². The van der Waals surface area contributed by atoms with Crippen LogP contribution < -0.4 is 5.32 Å². The molecule has 0 aliphatic heterocycles. The Hall–Kier alpha value is -0.630. The number of allylic oxidation sites excluding steroid dienone is 2. The Balaban J connectivity index is 2.40. The second-order valence-corrected chi connectivity index (χ2v) is 2.78. The number of alkyl halides is 1. The predicted molar refractivity (Wildman–Crippen MR) is 45.0 cm³/mol. The van der Waals surface area contributed by atoms with E-state index >= 15 is 0 Å². The third-order valence-corrected chi connectivity index (χ3v) is 1.69. The fourth-order valence-electron chi connectivity index (χ4n) is 1.06. The van der Waals surface area contributed by atoms with Crippen LogP contribution in [0.2, 0.25) is 0 Å². The molecule has 0 heterocycles. The molecule has 0 bridgehead atoms. The van der Waals surface area contributed by atoms with Gasteiger partial charge < -0.3 is 0 Å². The van der Waals surface area contributed by atoms with Gasteiger partial charge in [0.25, 0.3) is 0 Å². The Kier molecular flexibility index (Phi) is 2.83. The number of hydrogen-bond donors (Lipinski definition) is 1. The van der Waals surface area contributed by atoms with E-state index in [1.54, 1.807) is 12.2 Å². The minimum absolute atomic E-state index is 0.448. The summed E-state index contributed by atoms with van der Waals surface area (Å²) >= 11 is 0. The predicted octanol–water partition coefficient (Wildman–Crippen LogP) is 2.17. The maximum atomic E-state index is 13.5. The average Bonchev–Trinajstić information content (AvgIpc) is 2.03. The summed E-state index contributed by atoms with van der Waals surface area (Å²) in [4.78, 5) is 0. The van der Waals surface area contributed by atoms with Crippen molar-refractivity contribution in [1.82, 2.24) is 5.32 Å². The van der Waals surface area contributed by atoms with Crippen LogP contribution >= 0.6 is 0 Å². The van der Waals surface area contributed by atoms with Crippen molar-refractivity contribution >= 4 is 0 Å². The fourth-order valence-corrected chi connectivity index (χ4v) is 1.06. The molecule has 2 heteroatoms. The maximum absolute atomic E-state index is 13.5. The van der Waals surface area contributed by atoms with E-state index in [0.717, 1.165) is 13.0 Å². The van der Waals surface area contributed by atoms with Gasteiger partial charge >= 0.3 is 0 Å². The van der Waals surface area contributed by atoms with Gasteiger partial charge in [-0.05, 0) is 19.0 Å². The van der Waals surface area contributed by atoms with Gasteiger partial charge in [-0.1, -0.05) is 25.2 Å². The van der Waals surface area contributed by atoms with Crippen LogP contribution in [0.4, 0.5) is 4.39 Å². The first kappa shape index (κ1) is 8.47. The van der Waals surface area contributed by atoms with Crippen molar-refractivity contribution in [1.29, 1.82) is 0 Å². The lowest BCUT2D eigenvalue weighted by atomic mass is 10.1. The zero-order valence-corrected chi connectivity index (χ0v) is 6.81. The molecule has 0 radical (unpaired) electrons. The van der Waals surface area contributed by atoms with E-state index < -0.39 is 5.79 Å². The highest BCUT2D eigenvalue weighted by Crippen LogP contribution is 2.18. The molecule has 0 aromatic rings. The molecular weight excluding hydrogens is 141 g/mol. The third kappa shape index (κ3) is 2.46. The molecule has 0 spiro atoms. The van der Waals surface area contributed by atoms with Crippen LogP contribution in [0, 0.1) is 0 Å². The first-order valence-electron chi connectivity index (χ1n) is 4.05. The second-order valence-electron chi connectivity index (χ2n) is 2.78. The molecular formula is C9H14FN. The van der Waals surface area contributed by atoms with Crippen LogP contribution in [-0.4, -0.2) is 12.3 Å². The van der Waals surface area contributed by atoms with E-state index in [0.29, 0.717) is 6.42 Å². The minimum atomic E-state index is -1.29. The van der Waals surface area contributed by atoms with Crippen LogP contribution in [0.5, 0.6) is 0 Å². The molecule has 1 aliphatic rings. The molecule has 62 valence electrons. The molecule has 1 atom stereocenters. The summed E-state index contributed by atoms with van der Waals surface area (Å²) in [5.41, 5.74) is 0. The van der Waals surface area contributed by atoms with Gasteiger partial charge in [0, 0.05) is 6.42 Å². The molecule has 0 aromatic heterocycles. The lowest BCUT2D eigenvalue weighted by Gasteiger charge is -2.23. The fraction of sp³-hybridized carbons (Fsp3) is 0.556. The maximum Gasteiger partial charge on any atom is 0.184 e. The molecule has 1 unspecified atom stereocenters. The summed E-state index contributed by atoms with van der Waals surface area (Å²) in [6.07, 6.45) is 8.43. The van der Waals surface area contributed by atoms with Crippen molar-refractivity contribution < 1.29 is 4.39 Å². The van der Waals surface area contributed by atoms with Gasteiger partial charge in [0.2, 0.25) is 0 Å². The van der Waals surface area contributed by atoms with E-state index in [2.05, 4.69) is 5.32 Å². The normalized spacial score (nSPS) is 29.3. The lowest BCUT2D eigenvalue weighted by molar-refractivity contribution is 0.178. The minimum Gasteiger partial charge on any atom is -0.282 e. The summed E-state index contributed by atoms with van der Waals surface area (Å²) in [7, 11) is 0. The van der Waals surface area contributed by atoms with E-state index in [1.807, 2.05) is 19.1 Å². The topological polar surface area (TPSA) is 12.0 Å². The first-order valence-corrected chi connectivity index (χ1v) is 4.05. The summed E-state index contributed by atoms with van der Waals surface area (Å²) in [6.45, 7) is 2.76. The highest BCUT2D eigenvalue weighted by Gasteiger charge is 2.24. The first-order chi connectivity index (χ1) is 5.27. The highest BCUT2D eigenvalue weighted by atomic mass is 19.1. The smallest absolute Gasteiger partial charge is 0.184 e. The Morgan fingerprint density at radius 2 is 2.36 bits per heavy atom. The zero-order chi connectivity index (χ0) is 8.16. The molecule has 1 rings (SSSR count). The van der Waals surface area contributed by atoms with Crippen LogP contribution in [0.25, 0.3) is 0 Å². The number of hydrogen-bond acceptors (Lipinski definition) is 1. The molecule has 1 N–H and O–H groups in total. The van der Waals surface area contributed by atoms with E-state index in [9.17, 15) is 4.39 Å². The molecule has 1 nitrogen and oxygen atoms in total. The Labute approximate surface area is 67.0 Å². The summed E-state index contributed by atoms with van der Waals surface area (Å²) in [6, 6.07) is 0. The molecule has 0 amide bonds. The van der Waals surface area contributed by atoms with Crippen molar-refractivity contribution in [3.05, 3.63) is 24.3 Å². The molecule has 0 aromatic carbocycles. The molecule has 0 saturated carbocycles. The van der Waals surface area contributed by atoms with Crippen LogP contribution in [0.15, 0.2) is 24.3 Å². The van der Waals surface area contributed by atoms with Gasteiger partial charge in [-0.15, -0.1) is 0 Å². The van der Waals surface area contributed by atoms with Crippen molar-refractivity contribution in [3.63, 3.8) is 0 Å². The molecule has 0 fully saturated rings. The summed E-state index contributed by atoms with van der Waals surface area (Å²) in [5, 5.41) is 2.84. The average molecular weight is 155 g/mol. The van der Waals surface area contributed by atoms with Crippen LogP contribution in [0.1, 0.15) is 19.8 Å². The van der Waals surface area contributed by atoms with Crippen molar-refractivity contribution in [2.75, 3.05) is 6.54 Å². The summed E-state index contributed by atoms with van der Waals surface area (Å²) in [5.74, 6) is -1.29. The van der Waals surface area contributed by atoms with Crippen LogP contribution in [-0.2, 0) is 0 Å². The van der Waals surface area contributed by atoms with Crippen molar-refractivity contribution in [2.24, 2.45) is 0 Å². The molecule has 1 aliphatic carbocycles. The third-order valence-electron chi connectivity index (χ3n) is 1.69. The molecule has 0 saturated heterocycles. The van der Waals surface area contributed by atoms with Gasteiger partial charge in [-0.2, -0.15) is 0 Å². The van der Waals surface area contributed by atoms with Gasteiger partial charge in [0.05, 0.1) is 0 Å². The van der Waals surface area contributed by atoms with Crippen LogP contribution in [0.3, 0.4) is 0 Å². The van der Waals surface area contributed by atoms with E-state index in [1.165, 1.54) is 0 Å². The number of nitrogens with one attached hydrogen (secondary N) is 1. The van der Waals surface area contributed by atoms with Gasteiger partial charge in [0.1, 0.15) is 0 Å². The Bertz CT molecular complexity index is 174. The zero-order valence-electron chi connectivity index (χ0n) is 6.81. The monoisotopic (exact) mass is 155 g/mol. The molecule has 11 heavy (non-hydrogen) atoms. The largest absolute Gasteiger partial charge is 0.282 e. The second kappa shape index (κ2) is 3.67. The standard InChI is InChI=1S/C9H14FN/c1-2-8-11-9(10)6-4-3-5-7-9/h3-6,11H,2,7-8H2,1H3. The number of halogens is 1. The SMILES string of the molecule is CCCNC1(F)C=CC=CC1. The van der Waals surface area contributed by atoms with Gasteiger partial charge in [0.15, 0.2) is 5.79 Å². The summed E-state index contributed by atoms with van der Waals surface area (Å²) < 4.78 is 13.5. The lowest BCUT2D eigenvalue weighted by Crippen LogP contribution is -2.39. The Morgan fingerprint density at radius 1 is 1.55 bits per heavy atom. The quantitative estimate of drug-likeness (QED) is 0.616.